The summed E-state index contributed by atoms with van der Waals surface area (Å²) in [5, 5.41) is 3.24. The third-order valence-electron chi connectivity index (χ3n) is 6.37. The minimum atomic E-state index is -4.83. The van der Waals surface area contributed by atoms with E-state index in [4.69, 9.17) is 16.3 Å². The highest BCUT2D eigenvalue weighted by atomic mass is 35.5. The molecule has 1 N–H and O–H groups in total. The lowest BCUT2D eigenvalue weighted by Crippen LogP contribution is -2.53. The van der Waals surface area contributed by atoms with Gasteiger partial charge in [0.25, 0.3) is 0 Å². The van der Waals surface area contributed by atoms with Crippen molar-refractivity contribution in [1.82, 2.24) is 10.2 Å². The maximum Gasteiger partial charge on any atom is 0.573 e. The molecule has 0 spiro atoms. The number of benzene rings is 1. The van der Waals surface area contributed by atoms with E-state index < -0.39 is 18.4 Å². The SMILES string of the molecule is CC1C=C(CC(=O)N2CCCCC2C(=O)NC2C=CC(c3ccccc3OC(F)(F)F)=C(Cl)C2)OC1. The van der Waals surface area contributed by atoms with E-state index >= 15 is 0 Å². The van der Waals surface area contributed by atoms with E-state index in [9.17, 15) is 22.8 Å². The molecular weight excluding hydrogens is 497 g/mol. The Morgan fingerprint density at radius 3 is 2.72 bits per heavy atom. The number of nitrogens with zero attached hydrogens (tertiary/aromatic N) is 1. The van der Waals surface area contributed by atoms with Crippen LogP contribution in [0.5, 0.6) is 5.75 Å². The van der Waals surface area contributed by atoms with E-state index in [1.54, 1.807) is 23.1 Å². The second-order valence-corrected chi connectivity index (χ2v) is 9.69. The number of hydrogen-bond acceptors (Lipinski definition) is 4. The number of likely N-dealkylation sites (tertiary alicyclic amines) is 1. The summed E-state index contributed by atoms with van der Waals surface area (Å²) in [6, 6.07) is 4.72. The number of amides is 2. The molecule has 3 unspecified atom stereocenters. The average molecular weight is 525 g/mol. The Morgan fingerprint density at radius 2 is 2.03 bits per heavy atom. The molecule has 1 saturated heterocycles. The standard InChI is InChI=1S/C26H28ClF3N2O4/c1-16-12-18(35-15-16)14-24(33)32-11-5-4-7-22(32)25(34)31-17-9-10-19(21(27)13-17)20-6-2-3-8-23(20)36-26(28,29)30/h2-3,6,8-10,12,16-17,22H,4-5,7,11,13-15H2,1H3,(H,31,34). The summed E-state index contributed by atoms with van der Waals surface area (Å²) in [5.41, 5.74) is 0.609. The van der Waals surface area contributed by atoms with Crippen LogP contribution in [-0.2, 0) is 14.3 Å². The van der Waals surface area contributed by atoms with E-state index in [2.05, 4.69) is 10.1 Å². The molecule has 1 fully saturated rings. The molecule has 0 radical (unpaired) electrons. The van der Waals surface area contributed by atoms with E-state index in [-0.39, 0.29) is 41.9 Å². The Morgan fingerprint density at radius 1 is 1.25 bits per heavy atom. The number of ether oxygens (including phenoxy) is 2. The molecule has 2 heterocycles. The maximum absolute atomic E-state index is 13.2. The zero-order chi connectivity index (χ0) is 25.9. The summed E-state index contributed by atoms with van der Waals surface area (Å²) in [6.07, 6.45) is 2.94. The molecule has 4 rings (SSSR count). The van der Waals surface area contributed by atoms with Crippen LogP contribution in [0.3, 0.4) is 0 Å². The van der Waals surface area contributed by atoms with Gasteiger partial charge in [0.1, 0.15) is 17.6 Å². The normalized spacial score (nSPS) is 24.3. The summed E-state index contributed by atoms with van der Waals surface area (Å²) in [7, 11) is 0. The maximum atomic E-state index is 13.2. The fraction of sp³-hybridized carbons (Fsp3) is 0.462. The molecule has 6 nitrogen and oxygen atoms in total. The number of rotatable bonds is 6. The lowest BCUT2D eigenvalue weighted by Gasteiger charge is -2.35. The third-order valence-corrected chi connectivity index (χ3v) is 6.73. The molecule has 36 heavy (non-hydrogen) atoms. The number of nitrogens with one attached hydrogen (secondary N) is 1. The van der Waals surface area contributed by atoms with Crippen LogP contribution in [0.2, 0.25) is 0 Å². The van der Waals surface area contributed by atoms with Gasteiger partial charge in [-0.25, -0.2) is 0 Å². The molecule has 0 bridgehead atoms. The van der Waals surface area contributed by atoms with Crippen molar-refractivity contribution in [2.24, 2.45) is 5.92 Å². The molecule has 2 aliphatic heterocycles. The van der Waals surface area contributed by atoms with Gasteiger partial charge in [0.05, 0.1) is 19.1 Å². The summed E-state index contributed by atoms with van der Waals surface area (Å²) in [5.74, 6) is 0.141. The van der Waals surface area contributed by atoms with Crippen LogP contribution in [0, 0.1) is 5.92 Å². The summed E-state index contributed by atoms with van der Waals surface area (Å²) < 4.78 is 48.1. The van der Waals surface area contributed by atoms with E-state index in [0.29, 0.717) is 35.9 Å². The number of allylic oxidation sites excluding steroid dienone is 2. The molecule has 10 heteroatoms. The van der Waals surface area contributed by atoms with Crippen molar-refractivity contribution in [3.63, 3.8) is 0 Å². The predicted octanol–water partition coefficient (Wildman–Crippen LogP) is 5.30. The van der Waals surface area contributed by atoms with Gasteiger partial charge in [-0.3, -0.25) is 9.59 Å². The van der Waals surface area contributed by atoms with Crippen LogP contribution >= 0.6 is 11.6 Å². The smallest absolute Gasteiger partial charge is 0.497 e. The Kier molecular flexibility index (Phi) is 7.97. The molecule has 2 amide bonds. The second kappa shape index (κ2) is 11.0. The fourth-order valence-electron chi connectivity index (χ4n) is 4.71. The first-order valence-electron chi connectivity index (χ1n) is 12.0. The quantitative estimate of drug-likeness (QED) is 0.548. The summed E-state index contributed by atoms with van der Waals surface area (Å²) in [6.45, 7) is 3.07. The molecule has 1 aliphatic carbocycles. The zero-order valence-corrected chi connectivity index (χ0v) is 20.6. The first-order chi connectivity index (χ1) is 17.1. The summed E-state index contributed by atoms with van der Waals surface area (Å²) in [4.78, 5) is 27.7. The third kappa shape index (κ3) is 6.43. The van der Waals surface area contributed by atoms with Crippen LogP contribution in [0.15, 0.2) is 53.3 Å². The van der Waals surface area contributed by atoms with Gasteiger partial charge in [0, 0.05) is 29.5 Å². The van der Waals surface area contributed by atoms with Gasteiger partial charge in [0.2, 0.25) is 11.8 Å². The highest BCUT2D eigenvalue weighted by molar-refractivity contribution is 6.33. The van der Waals surface area contributed by atoms with Crippen molar-refractivity contribution in [2.75, 3.05) is 13.2 Å². The molecule has 194 valence electrons. The molecular formula is C26H28ClF3N2O4. The monoisotopic (exact) mass is 524 g/mol. The van der Waals surface area contributed by atoms with E-state index in [0.717, 1.165) is 12.8 Å². The Balaban J connectivity index is 1.41. The van der Waals surface area contributed by atoms with E-state index in [1.165, 1.54) is 18.2 Å². The Hall–Kier alpha value is -2.94. The van der Waals surface area contributed by atoms with Crippen LogP contribution in [0.4, 0.5) is 13.2 Å². The van der Waals surface area contributed by atoms with E-state index in [1.807, 2.05) is 13.0 Å². The largest absolute Gasteiger partial charge is 0.573 e. The number of hydrogen-bond donors (Lipinski definition) is 1. The van der Waals surface area contributed by atoms with Crippen molar-refractivity contribution in [3.05, 3.63) is 58.8 Å². The zero-order valence-electron chi connectivity index (χ0n) is 19.8. The van der Waals surface area contributed by atoms with Crippen LogP contribution in [-0.4, -0.2) is 48.3 Å². The topological polar surface area (TPSA) is 67.9 Å². The fourth-order valence-corrected chi connectivity index (χ4v) is 5.04. The molecule has 1 aromatic rings. The minimum Gasteiger partial charge on any atom is -0.497 e. The van der Waals surface area contributed by atoms with Crippen molar-refractivity contribution in [1.29, 1.82) is 0 Å². The van der Waals surface area contributed by atoms with Crippen molar-refractivity contribution < 1.29 is 32.2 Å². The molecule has 3 atom stereocenters. The van der Waals surface area contributed by atoms with Crippen molar-refractivity contribution in [2.45, 2.75) is 57.5 Å². The number of piperidine rings is 1. The molecule has 0 aromatic heterocycles. The highest BCUT2D eigenvalue weighted by Gasteiger charge is 2.35. The molecule has 1 aromatic carbocycles. The number of carbonyl (C=O) groups is 2. The van der Waals surface area contributed by atoms with Crippen LogP contribution < -0.4 is 10.1 Å². The van der Waals surface area contributed by atoms with Gasteiger partial charge >= 0.3 is 6.36 Å². The number of alkyl halides is 3. The predicted molar refractivity (Wildman–Crippen MR) is 129 cm³/mol. The van der Waals surface area contributed by atoms with Crippen molar-refractivity contribution >= 4 is 29.0 Å². The average Bonchev–Trinajstić information content (AvgIpc) is 3.23. The van der Waals surface area contributed by atoms with Gasteiger partial charge in [-0.2, -0.15) is 0 Å². The van der Waals surface area contributed by atoms with Gasteiger partial charge in [-0.05, 0) is 37.0 Å². The molecule has 0 saturated carbocycles. The highest BCUT2D eigenvalue weighted by Crippen LogP contribution is 2.37. The number of halogens is 4. The first-order valence-corrected chi connectivity index (χ1v) is 12.3. The lowest BCUT2D eigenvalue weighted by molar-refractivity contribution is -0.274. The van der Waals surface area contributed by atoms with Crippen molar-refractivity contribution in [3.8, 4) is 5.75 Å². The first kappa shape index (κ1) is 26.1. The lowest BCUT2D eigenvalue weighted by atomic mass is 9.95. The Bertz CT molecular complexity index is 1100. The van der Waals surface area contributed by atoms with Gasteiger partial charge < -0.3 is 19.7 Å². The minimum absolute atomic E-state index is 0.134. The van der Waals surface area contributed by atoms with Crippen LogP contribution in [0.25, 0.3) is 5.57 Å². The van der Waals surface area contributed by atoms with Crippen LogP contribution in [0.1, 0.15) is 44.6 Å². The number of para-hydroxylation sites is 1. The molecule has 3 aliphatic rings. The number of carbonyl (C=O) groups excluding carboxylic acids is 2. The van der Waals surface area contributed by atoms with Gasteiger partial charge in [-0.15, -0.1) is 13.2 Å². The second-order valence-electron chi connectivity index (χ2n) is 9.24. The Labute approximate surface area is 212 Å². The summed E-state index contributed by atoms with van der Waals surface area (Å²) >= 11 is 6.47. The van der Waals surface area contributed by atoms with Gasteiger partial charge in [-0.1, -0.05) is 48.9 Å². The van der Waals surface area contributed by atoms with Gasteiger partial charge in [0.15, 0.2) is 0 Å².